The molecule has 0 unspecified atom stereocenters. The van der Waals surface area contributed by atoms with Gasteiger partial charge in [-0.1, -0.05) is 39.0 Å². The van der Waals surface area contributed by atoms with Crippen LogP contribution in [0.4, 0.5) is 0 Å². The Morgan fingerprint density at radius 2 is 2.05 bits per heavy atom. The average molecular weight is 288 g/mol. The monoisotopic (exact) mass is 288 g/mol. The summed E-state index contributed by atoms with van der Waals surface area (Å²) in [5, 5.41) is 19.9. The van der Waals surface area contributed by atoms with Crippen molar-refractivity contribution in [2.24, 2.45) is 11.8 Å². The second-order valence-electron chi connectivity index (χ2n) is 7.59. The van der Waals surface area contributed by atoms with E-state index in [9.17, 15) is 10.2 Å². The molecule has 2 N–H and O–H groups in total. The quantitative estimate of drug-likeness (QED) is 0.875. The number of benzene rings is 1. The molecule has 2 aliphatic carbocycles. The second-order valence-corrected chi connectivity index (χ2v) is 7.59. The van der Waals surface area contributed by atoms with Crippen molar-refractivity contribution in [2.75, 3.05) is 6.61 Å². The Bertz CT molecular complexity index is 522. The zero-order valence-corrected chi connectivity index (χ0v) is 13.5. The molecule has 2 heteroatoms. The zero-order chi connectivity index (χ0) is 15.2. The summed E-state index contributed by atoms with van der Waals surface area (Å²) in [6, 6.07) is 6.99. The van der Waals surface area contributed by atoms with Crippen LogP contribution in [-0.2, 0) is 11.8 Å². The SMILES string of the molecule is CC(C)c1ccc2c(c1)CC[C@H]1[C@@H](CO)[C@@H](O)CC[C@]21C. The van der Waals surface area contributed by atoms with E-state index in [4.69, 9.17) is 0 Å². The number of aliphatic hydroxyl groups excluding tert-OH is 2. The van der Waals surface area contributed by atoms with E-state index in [2.05, 4.69) is 39.0 Å². The molecular weight excluding hydrogens is 260 g/mol. The van der Waals surface area contributed by atoms with Gasteiger partial charge < -0.3 is 10.2 Å². The predicted octanol–water partition coefficient (Wildman–Crippen LogP) is 3.39. The maximum atomic E-state index is 10.2. The first kappa shape index (κ1) is 15.1. The number of fused-ring (bicyclic) bond motifs is 3. The molecule has 2 aliphatic rings. The Morgan fingerprint density at radius 3 is 2.71 bits per heavy atom. The third-order valence-corrected chi connectivity index (χ3v) is 6.14. The summed E-state index contributed by atoms with van der Waals surface area (Å²) in [6.07, 6.45) is 3.68. The van der Waals surface area contributed by atoms with Crippen molar-refractivity contribution < 1.29 is 10.2 Å². The number of rotatable bonds is 2. The molecule has 2 nitrogen and oxygen atoms in total. The molecule has 0 aliphatic heterocycles. The molecular formula is C19H28O2. The molecule has 0 amide bonds. The van der Waals surface area contributed by atoms with Gasteiger partial charge in [-0.3, -0.25) is 0 Å². The summed E-state index contributed by atoms with van der Waals surface area (Å²) in [4.78, 5) is 0. The van der Waals surface area contributed by atoms with Gasteiger partial charge in [0.15, 0.2) is 0 Å². The van der Waals surface area contributed by atoms with E-state index < -0.39 is 0 Å². The number of aryl methyl sites for hydroxylation is 1. The summed E-state index contributed by atoms with van der Waals surface area (Å²) in [5.74, 6) is 1.02. The fourth-order valence-corrected chi connectivity index (χ4v) is 4.75. The summed E-state index contributed by atoms with van der Waals surface area (Å²) < 4.78 is 0. The molecule has 0 spiro atoms. The van der Waals surface area contributed by atoms with Gasteiger partial charge in [0.1, 0.15) is 0 Å². The van der Waals surface area contributed by atoms with E-state index in [-0.39, 0.29) is 24.0 Å². The Labute approximate surface area is 128 Å². The van der Waals surface area contributed by atoms with E-state index in [0.29, 0.717) is 11.8 Å². The first-order chi connectivity index (χ1) is 9.97. The van der Waals surface area contributed by atoms with Crippen LogP contribution in [0.2, 0.25) is 0 Å². The Morgan fingerprint density at radius 1 is 1.29 bits per heavy atom. The minimum atomic E-state index is -0.329. The Hall–Kier alpha value is -0.860. The lowest BCUT2D eigenvalue weighted by Gasteiger charge is -2.51. The lowest BCUT2D eigenvalue weighted by Crippen LogP contribution is -2.50. The molecule has 0 saturated heterocycles. The molecule has 21 heavy (non-hydrogen) atoms. The van der Waals surface area contributed by atoms with Crippen LogP contribution in [0.25, 0.3) is 0 Å². The number of hydrogen-bond donors (Lipinski definition) is 2. The highest BCUT2D eigenvalue weighted by atomic mass is 16.3. The zero-order valence-electron chi connectivity index (χ0n) is 13.5. The molecule has 4 atom stereocenters. The van der Waals surface area contributed by atoms with Crippen LogP contribution < -0.4 is 0 Å². The predicted molar refractivity (Wildman–Crippen MR) is 85.5 cm³/mol. The van der Waals surface area contributed by atoms with E-state index in [0.717, 1.165) is 25.7 Å². The topological polar surface area (TPSA) is 40.5 Å². The van der Waals surface area contributed by atoms with Crippen molar-refractivity contribution in [3.8, 4) is 0 Å². The molecule has 1 aromatic rings. The van der Waals surface area contributed by atoms with Crippen LogP contribution in [0.15, 0.2) is 18.2 Å². The van der Waals surface area contributed by atoms with Gasteiger partial charge in [-0.05, 0) is 59.6 Å². The summed E-state index contributed by atoms with van der Waals surface area (Å²) >= 11 is 0. The second kappa shape index (κ2) is 5.40. The summed E-state index contributed by atoms with van der Waals surface area (Å²) in [7, 11) is 0. The van der Waals surface area contributed by atoms with Crippen LogP contribution in [0.5, 0.6) is 0 Å². The van der Waals surface area contributed by atoms with Crippen molar-refractivity contribution in [1.29, 1.82) is 0 Å². The van der Waals surface area contributed by atoms with Crippen LogP contribution in [-0.4, -0.2) is 22.9 Å². The highest BCUT2D eigenvalue weighted by Gasteiger charge is 2.48. The van der Waals surface area contributed by atoms with Crippen LogP contribution in [0.3, 0.4) is 0 Å². The Balaban J connectivity index is 2.01. The molecule has 0 radical (unpaired) electrons. The lowest BCUT2D eigenvalue weighted by atomic mass is 9.54. The lowest BCUT2D eigenvalue weighted by molar-refractivity contribution is -0.0410. The summed E-state index contributed by atoms with van der Waals surface area (Å²) in [5.41, 5.74) is 4.50. The standard InChI is InChI=1S/C19H28O2/c1-12(2)13-4-6-16-14(10-13)5-7-17-15(11-20)18(21)8-9-19(16,17)3/h4,6,10,12,15,17-18,20-21H,5,7-9,11H2,1-3H3/t15-,17+,18+,19-/m1/s1. The minimum absolute atomic E-state index is 0.0432. The van der Waals surface area contributed by atoms with Gasteiger partial charge in [0.05, 0.1) is 6.10 Å². The van der Waals surface area contributed by atoms with Crippen molar-refractivity contribution in [1.82, 2.24) is 0 Å². The maximum Gasteiger partial charge on any atom is 0.0593 e. The average Bonchev–Trinajstić information content (AvgIpc) is 2.47. The fraction of sp³-hybridized carbons (Fsp3) is 0.684. The van der Waals surface area contributed by atoms with E-state index in [1.807, 2.05) is 0 Å². The van der Waals surface area contributed by atoms with Gasteiger partial charge >= 0.3 is 0 Å². The van der Waals surface area contributed by atoms with Crippen LogP contribution in [0, 0.1) is 11.8 Å². The first-order valence-corrected chi connectivity index (χ1v) is 8.39. The highest BCUT2D eigenvalue weighted by molar-refractivity contribution is 5.41. The maximum absolute atomic E-state index is 10.2. The van der Waals surface area contributed by atoms with Gasteiger partial charge in [0, 0.05) is 12.5 Å². The van der Waals surface area contributed by atoms with Crippen molar-refractivity contribution in [3.05, 3.63) is 34.9 Å². The largest absolute Gasteiger partial charge is 0.396 e. The van der Waals surface area contributed by atoms with E-state index >= 15 is 0 Å². The van der Waals surface area contributed by atoms with Gasteiger partial charge in [-0.15, -0.1) is 0 Å². The molecule has 0 bridgehead atoms. The van der Waals surface area contributed by atoms with Crippen molar-refractivity contribution >= 4 is 0 Å². The molecule has 116 valence electrons. The highest BCUT2D eigenvalue weighted by Crippen LogP contribution is 2.52. The van der Waals surface area contributed by atoms with Crippen LogP contribution in [0.1, 0.15) is 62.6 Å². The molecule has 1 saturated carbocycles. The van der Waals surface area contributed by atoms with Gasteiger partial charge in [0.25, 0.3) is 0 Å². The molecule has 3 rings (SSSR count). The van der Waals surface area contributed by atoms with E-state index in [1.54, 1.807) is 0 Å². The molecule has 1 fully saturated rings. The first-order valence-electron chi connectivity index (χ1n) is 8.39. The summed E-state index contributed by atoms with van der Waals surface area (Å²) in [6.45, 7) is 6.95. The minimum Gasteiger partial charge on any atom is -0.396 e. The normalized spacial score (nSPS) is 35.4. The van der Waals surface area contributed by atoms with Gasteiger partial charge in [-0.25, -0.2) is 0 Å². The number of aliphatic hydroxyl groups is 2. The van der Waals surface area contributed by atoms with Gasteiger partial charge in [0.2, 0.25) is 0 Å². The van der Waals surface area contributed by atoms with E-state index in [1.165, 1.54) is 16.7 Å². The van der Waals surface area contributed by atoms with Gasteiger partial charge in [-0.2, -0.15) is 0 Å². The molecule has 0 aromatic heterocycles. The van der Waals surface area contributed by atoms with Crippen LogP contribution >= 0.6 is 0 Å². The fourth-order valence-electron chi connectivity index (χ4n) is 4.75. The third-order valence-electron chi connectivity index (χ3n) is 6.14. The van der Waals surface area contributed by atoms with Crippen molar-refractivity contribution in [2.45, 2.75) is 63.9 Å². The number of hydrogen-bond acceptors (Lipinski definition) is 2. The smallest absolute Gasteiger partial charge is 0.0593 e. The van der Waals surface area contributed by atoms with Crippen molar-refractivity contribution in [3.63, 3.8) is 0 Å². The third kappa shape index (κ3) is 2.33. The Kier molecular flexibility index (Phi) is 3.87. The molecule has 1 aromatic carbocycles. The molecule has 0 heterocycles.